The number of aryl methyl sites for hydroxylation is 1. The minimum Gasteiger partial charge on any atom is -0.327 e. The number of rotatable bonds is 2. The Hall–Kier alpha value is -0.820. The fraction of sp³-hybridized carbons (Fsp3) is 0.625. The molecule has 1 aliphatic rings. The molecule has 1 fully saturated rings. The van der Waals surface area contributed by atoms with Crippen molar-refractivity contribution in [2.75, 3.05) is 0 Å². The van der Waals surface area contributed by atoms with Gasteiger partial charge in [-0.15, -0.1) is 0 Å². The summed E-state index contributed by atoms with van der Waals surface area (Å²) in [7, 11) is 0. The van der Waals surface area contributed by atoms with Crippen molar-refractivity contribution in [2.24, 2.45) is 17.1 Å². The summed E-state index contributed by atoms with van der Waals surface area (Å²) < 4.78 is 0. The van der Waals surface area contributed by atoms with Crippen molar-refractivity contribution in [3.63, 3.8) is 0 Å². The van der Waals surface area contributed by atoms with Crippen LogP contribution in [0.25, 0.3) is 0 Å². The summed E-state index contributed by atoms with van der Waals surface area (Å²) in [5.74, 6) is 0.653. The fourth-order valence-electron chi connectivity index (χ4n) is 3.10. The van der Waals surface area contributed by atoms with Crippen LogP contribution in [0.2, 0.25) is 0 Å². The third-order valence-electron chi connectivity index (χ3n) is 4.32. The van der Waals surface area contributed by atoms with Gasteiger partial charge in [0.2, 0.25) is 0 Å². The Kier molecular flexibility index (Phi) is 3.58. The summed E-state index contributed by atoms with van der Waals surface area (Å²) in [6, 6.07) is 9.10. The van der Waals surface area contributed by atoms with Crippen molar-refractivity contribution in [1.82, 2.24) is 0 Å². The third kappa shape index (κ3) is 3.10. The first-order valence-electron chi connectivity index (χ1n) is 6.78. The SMILES string of the molecule is Cc1ccccc1CC1CC(C)(C)CCC1N. The summed E-state index contributed by atoms with van der Waals surface area (Å²) in [5, 5.41) is 0. The largest absolute Gasteiger partial charge is 0.327 e. The maximum absolute atomic E-state index is 6.30. The van der Waals surface area contributed by atoms with E-state index in [1.165, 1.54) is 30.4 Å². The van der Waals surface area contributed by atoms with E-state index < -0.39 is 0 Å². The van der Waals surface area contributed by atoms with E-state index in [1.807, 2.05) is 0 Å². The van der Waals surface area contributed by atoms with Gasteiger partial charge in [0.25, 0.3) is 0 Å². The molecular formula is C16H25N. The zero-order chi connectivity index (χ0) is 12.5. The Bertz CT molecular complexity index is 381. The van der Waals surface area contributed by atoms with Gasteiger partial charge in [-0.3, -0.25) is 0 Å². The molecule has 1 saturated carbocycles. The summed E-state index contributed by atoms with van der Waals surface area (Å²) in [5.41, 5.74) is 9.66. The van der Waals surface area contributed by atoms with E-state index >= 15 is 0 Å². The van der Waals surface area contributed by atoms with Gasteiger partial charge in [0, 0.05) is 6.04 Å². The number of hydrogen-bond donors (Lipinski definition) is 1. The van der Waals surface area contributed by atoms with Crippen molar-refractivity contribution >= 4 is 0 Å². The highest BCUT2D eigenvalue weighted by molar-refractivity contribution is 5.26. The molecule has 0 amide bonds. The van der Waals surface area contributed by atoms with E-state index in [4.69, 9.17) is 5.73 Å². The second kappa shape index (κ2) is 4.81. The molecule has 0 heterocycles. The van der Waals surface area contributed by atoms with Crippen LogP contribution in [0.15, 0.2) is 24.3 Å². The van der Waals surface area contributed by atoms with E-state index in [2.05, 4.69) is 45.0 Å². The molecule has 1 aromatic rings. The van der Waals surface area contributed by atoms with Crippen LogP contribution < -0.4 is 5.73 Å². The second-order valence-electron chi connectivity index (χ2n) is 6.46. The number of nitrogens with two attached hydrogens (primary N) is 1. The Labute approximate surface area is 105 Å². The van der Waals surface area contributed by atoms with Gasteiger partial charge in [-0.25, -0.2) is 0 Å². The van der Waals surface area contributed by atoms with Crippen molar-refractivity contribution in [3.05, 3.63) is 35.4 Å². The van der Waals surface area contributed by atoms with Crippen LogP contribution in [0.4, 0.5) is 0 Å². The smallest absolute Gasteiger partial charge is 0.00707 e. The highest BCUT2D eigenvalue weighted by Gasteiger charge is 2.32. The average molecular weight is 231 g/mol. The molecule has 0 saturated heterocycles. The molecule has 1 heteroatoms. The van der Waals surface area contributed by atoms with Crippen LogP contribution in [-0.4, -0.2) is 6.04 Å². The summed E-state index contributed by atoms with van der Waals surface area (Å²) in [4.78, 5) is 0. The van der Waals surface area contributed by atoms with E-state index in [0.29, 0.717) is 17.4 Å². The zero-order valence-corrected chi connectivity index (χ0v) is 11.4. The third-order valence-corrected chi connectivity index (χ3v) is 4.32. The predicted molar refractivity (Wildman–Crippen MR) is 74.0 cm³/mol. The maximum atomic E-state index is 6.30. The highest BCUT2D eigenvalue weighted by Crippen LogP contribution is 2.39. The first-order chi connectivity index (χ1) is 7.98. The van der Waals surface area contributed by atoms with Gasteiger partial charge in [-0.1, -0.05) is 38.1 Å². The van der Waals surface area contributed by atoms with Crippen molar-refractivity contribution in [1.29, 1.82) is 0 Å². The Morgan fingerprint density at radius 3 is 2.71 bits per heavy atom. The fourth-order valence-corrected chi connectivity index (χ4v) is 3.10. The molecule has 2 N–H and O–H groups in total. The van der Waals surface area contributed by atoms with Crippen LogP contribution in [0.3, 0.4) is 0 Å². The molecule has 0 aromatic heterocycles. The van der Waals surface area contributed by atoms with E-state index in [0.717, 1.165) is 6.42 Å². The van der Waals surface area contributed by atoms with E-state index in [1.54, 1.807) is 0 Å². The Morgan fingerprint density at radius 2 is 2.00 bits per heavy atom. The van der Waals surface area contributed by atoms with Gasteiger partial charge >= 0.3 is 0 Å². The highest BCUT2D eigenvalue weighted by atomic mass is 14.7. The first kappa shape index (κ1) is 12.6. The number of benzene rings is 1. The monoisotopic (exact) mass is 231 g/mol. The van der Waals surface area contributed by atoms with Crippen LogP contribution in [0, 0.1) is 18.3 Å². The summed E-state index contributed by atoms with van der Waals surface area (Å²) >= 11 is 0. The van der Waals surface area contributed by atoms with Crippen LogP contribution in [0.5, 0.6) is 0 Å². The lowest BCUT2D eigenvalue weighted by Gasteiger charge is -2.39. The molecule has 1 aromatic carbocycles. The molecule has 1 aliphatic carbocycles. The minimum absolute atomic E-state index is 0.391. The lowest BCUT2D eigenvalue weighted by molar-refractivity contribution is 0.157. The standard InChI is InChI=1S/C16H25N/c1-12-6-4-5-7-13(12)10-14-11-16(2,3)9-8-15(14)17/h4-7,14-15H,8-11,17H2,1-3H3. The molecular weight excluding hydrogens is 206 g/mol. The van der Waals surface area contributed by atoms with Crippen LogP contribution in [-0.2, 0) is 6.42 Å². The molecule has 0 spiro atoms. The lowest BCUT2D eigenvalue weighted by Crippen LogP contribution is -2.40. The lowest BCUT2D eigenvalue weighted by atomic mass is 9.68. The van der Waals surface area contributed by atoms with E-state index in [-0.39, 0.29) is 0 Å². The Balaban J connectivity index is 2.10. The normalized spacial score (nSPS) is 28.0. The van der Waals surface area contributed by atoms with Gasteiger partial charge in [-0.2, -0.15) is 0 Å². The Morgan fingerprint density at radius 1 is 1.29 bits per heavy atom. The van der Waals surface area contributed by atoms with Crippen LogP contribution in [0.1, 0.15) is 44.2 Å². The van der Waals surface area contributed by atoms with Gasteiger partial charge in [0.1, 0.15) is 0 Å². The van der Waals surface area contributed by atoms with Crippen molar-refractivity contribution in [3.8, 4) is 0 Å². The predicted octanol–water partition coefficient (Wildman–Crippen LogP) is 3.69. The molecule has 2 atom stereocenters. The second-order valence-corrected chi connectivity index (χ2v) is 6.46. The molecule has 2 unspecified atom stereocenters. The van der Waals surface area contributed by atoms with Crippen molar-refractivity contribution < 1.29 is 0 Å². The first-order valence-corrected chi connectivity index (χ1v) is 6.78. The minimum atomic E-state index is 0.391. The van der Waals surface area contributed by atoms with Crippen molar-refractivity contribution in [2.45, 2.75) is 52.5 Å². The molecule has 17 heavy (non-hydrogen) atoms. The molecule has 94 valence electrons. The maximum Gasteiger partial charge on any atom is 0.00707 e. The number of hydrogen-bond acceptors (Lipinski definition) is 1. The quantitative estimate of drug-likeness (QED) is 0.825. The van der Waals surface area contributed by atoms with Gasteiger partial charge in [0.15, 0.2) is 0 Å². The zero-order valence-electron chi connectivity index (χ0n) is 11.4. The molecule has 0 radical (unpaired) electrons. The summed E-state index contributed by atoms with van der Waals surface area (Å²) in [6.07, 6.45) is 4.88. The van der Waals surface area contributed by atoms with Gasteiger partial charge < -0.3 is 5.73 Å². The topological polar surface area (TPSA) is 26.0 Å². The van der Waals surface area contributed by atoms with E-state index in [9.17, 15) is 0 Å². The van der Waals surface area contributed by atoms with Gasteiger partial charge in [-0.05, 0) is 55.1 Å². The molecule has 2 rings (SSSR count). The average Bonchev–Trinajstić information content (AvgIpc) is 2.26. The summed E-state index contributed by atoms with van der Waals surface area (Å²) in [6.45, 7) is 6.96. The molecule has 0 aliphatic heterocycles. The van der Waals surface area contributed by atoms with Gasteiger partial charge in [0.05, 0.1) is 0 Å². The molecule has 1 nitrogen and oxygen atoms in total. The molecule has 0 bridgehead atoms. The van der Waals surface area contributed by atoms with Crippen LogP contribution >= 0.6 is 0 Å².